The highest BCUT2D eigenvalue weighted by Gasteiger charge is 2.38. The number of ether oxygens (including phenoxy) is 1. The van der Waals surface area contributed by atoms with Crippen LogP contribution in [-0.2, 0) is 14.8 Å². The van der Waals surface area contributed by atoms with Crippen LogP contribution in [0.4, 0.5) is 0 Å². The first-order chi connectivity index (χ1) is 16.2. The molecule has 0 saturated heterocycles. The molecule has 4 rings (SSSR count). The monoisotopic (exact) mass is 490 g/mol. The zero-order valence-corrected chi connectivity index (χ0v) is 21.4. The Kier molecular flexibility index (Phi) is 7.69. The summed E-state index contributed by atoms with van der Waals surface area (Å²) in [5, 5.41) is 9.81. The molecule has 0 aromatic heterocycles. The van der Waals surface area contributed by atoms with Crippen molar-refractivity contribution < 1.29 is 23.1 Å². The van der Waals surface area contributed by atoms with E-state index in [1.807, 2.05) is 19.1 Å². The van der Waals surface area contributed by atoms with E-state index in [1.165, 1.54) is 16.3 Å². The molecular formula is C26H38N2O5S. The van der Waals surface area contributed by atoms with Crippen molar-refractivity contribution in [1.29, 1.82) is 0 Å². The van der Waals surface area contributed by atoms with Crippen LogP contribution in [0.15, 0.2) is 29.2 Å². The number of nitrogens with zero attached hydrogens (tertiary/aromatic N) is 2. The van der Waals surface area contributed by atoms with Crippen molar-refractivity contribution in [3.63, 3.8) is 0 Å². The van der Waals surface area contributed by atoms with Gasteiger partial charge < -0.3 is 14.7 Å². The number of hydrogen-bond donors (Lipinski definition) is 1. The SMILES string of the molecule is C[C@@H]1CN([C@@H](C)CO)S(=O)(=O)c2ccc(C3=CCCCC3)cc2O[C@@H]1CN(C)C(=O)CC1CC1. The number of aliphatic hydroxyl groups is 1. The predicted molar refractivity (Wildman–Crippen MR) is 132 cm³/mol. The topological polar surface area (TPSA) is 87.2 Å². The van der Waals surface area contributed by atoms with E-state index in [0.29, 0.717) is 24.6 Å². The summed E-state index contributed by atoms with van der Waals surface area (Å²) in [6, 6.07) is 4.79. The van der Waals surface area contributed by atoms with Crippen molar-refractivity contribution in [2.75, 3.05) is 26.7 Å². The van der Waals surface area contributed by atoms with Gasteiger partial charge in [0.25, 0.3) is 0 Å². The van der Waals surface area contributed by atoms with Crippen LogP contribution in [0.3, 0.4) is 0 Å². The lowest BCUT2D eigenvalue weighted by Crippen LogP contribution is -2.50. The van der Waals surface area contributed by atoms with Crippen molar-refractivity contribution in [2.24, 2.45) is 11.8 Å². The minimum absolute atomic E-state index is 0.106. The van der Waals surface area contributed by atoms with E-state index < -0.39 is 16.1 Å². The standard InChI is InChI=1S/C26H38N2O5S/c1-18-15-28(19(2)17-29)34(31,32)25-12-11-22(21-7-5-4-6-8-21)14-23(25)33-24(18)16-27(3)26(30)13-20-9-10-20/h7,11-12,14,18-20,24,29H,4-6,8-10,13,15-17H2,1-3H3/t18-,19+,24-/m1/s1. The van der Waals surface area contributed by atoms with Crippen LogP contribution in [0.2, 0.25) is 0 Å². The number of carbonyl (C=O) groups is 1. The van der Waals surface area contributed by atoms with Gasteiger partial charge in [-0.25, -0.2) is 8.42 Å². The summed E-state index contributed by atoms with van der Waals surface area (Å²) in [7, 11) is -2.06. The first-order valence-electron chi connectivity index (χ1n) is 12.6. The van der Waals surface area contributed by atoms with Gasteiger partial charge in [-0.05, 0) is 74.6 Å². The summed E-state index contributed by atoms with van der Waals surface area (Å²) in [5.41, 5.74) is 2.21. The Labute approximate surface area is 203 Å². The minimum Gasteiger partial charge on any atom is -0.487 e. The molecule has 3 aliphatic rings. The number of allylic oxidation sites excluding steroid dienone is 2. The zero-order chi connectivity index (χ0) is 24.5. The van der Waals surface area contributed by atoms with E-state index in [0.717, 1.165) is 37.7 Å². The average molecular weight is 491 g/mol. The lowest BCUT2D eigenvalue weighted by molar-refractivity contribution is -0.131. The van der Waals surface area contributed by atoms with Crippen molar-refractivity contribution in [2.45, 2.75) is 75.8 Å². The smallest absolute Gasteiger partial charge is 0.247 e. The second-order valence-electron chi connectivity index (χ2n) is 10.3. The molecule has 188 valence electrons. The molecule has 8 heteroatoms. The normalized spacial score (nSPS) is 25.8. The molecule has 1 saturated carbocycles. The van der Waals surface area contributed by atoms with Gasteiger partial charge in [-0.3, -0.25) is 4.79 Å². The largest absolute Gasteiger partial charge is 0.487 e. The molecule has 7 nitrogen and oxygen atoms in total. The van der Waals surface area contributed by atoms with E-state index in [2.05, 4.69) is 6.08 Å². The fourth-order valence-electron chi connectivity index (χ4n) is 4.84. The summed E-state index contributed by atoms with van der Waals surface area (Å²) in [6.45, 7) is 4.01. The van der Waals surface area contributed by atoms with Gasteiger partial charge in [-0.1, -0.05) is 19.1 Å². The van der Waals surface area contributed by atoms with E-state index in [9.17, 15) is 18.3 Å². The van der Waals surface area contributed by atoms with Gasteiger partial charge in [-0.2, -0.15) is 4.31 Å². The number of likely N-dealkylation sites (N-methyl/N-ethyl adjacent to an activating group) is 1. The molecule has 0 spiro atoms. The van der Waals surface area contributed by atoms with Crippen molar-refractivity contribution in [3.05, 3.63) is 29.8 Å². The second-order valence-corrected chi connectivity index (χ2v) is 12.2. The minimum atomic E-state index is -3.86. The van der Waals surface area contributed by atoms with Gasteiger partial charge in [-0.15, -0.1) is 0 Å². The Morgan fingerprint density at radius 3 is 2.71 bits per heavy atom. The molecule has 1 N–H and O–H groups in total. The lowest BCUT2D eigenvalue weighted by Gasteiger charge is -2.37. The maximum Gasteiger partial charge on any atom is 0.247 e. The maximum absolute atomic E-state index is 13.6. The molecule has 1 amide bonds. The number of sulfonamides is 1. The van der Waals surface area contributed by atoms with Crippen LogP contribution in [0.1, 0.15) is 64.4 Å². The van der Waals surface area contributed by atoms with Crippen LogP contribution in [-0.4, -0.2) is 67.5 Å². The van der Waals surface area contributed by atoms with Crippen LogP contribution >= 0.6 is 0 Å². The summed E-state index contributed by atoms with van der Waals surface area (Å²) >= 11 is 0. The third-order valence-electron chi connectivity index (χ3n) is 7.37. The Bertz CT molecular complexity index is 1030. The lowest BCUT2D eigenvalue weighted by atomic mass is 9.93. The number of benzene rings is 1. The van der Waals surface area contributed by atoms with E-state index in [1.54, 1.807) is 24.9 Å². The quantitative estimate of drug-likeness (QED) is 0.630. The molecule has 1 heterocycles. The van der Waals surface area contributed by atoms with E-state index in [4.69, 9.17) is 4.74 Å². The first kappa shape index (κ1) is 25.2. The first-order valence-corrected chi connectivity index (χ1v) is 14.0. The molecule has 2 aliphatic carbocycles. The van der Waals surface area contributed by atoms with Crippen LogP contribution in [0.25, 0.3) is 5.57 Å². The molecule has 0 bridgehead atoms. The van der Waals surface area contributed by atoms with E-state index >= 15 is 0 Å². The van der Waals surface area contributed by atoms with Crippen molar-refractivity contribution in [1.82, 2.24) is 9.21 Å². The number of rotatable bonds is 7. The molecule has 1 aliphatic heterocycles. The fraction of sp³-hybridized carbons (Fsp3) is 0.654. The summed E-state index contributed by atoms with van der Waals surface area (Å²) in [5.74, 6) is 0.767. The average Bonchev–Trinajstić information content (AvgIpc) is 3.65. The number of hydrogen-bond acceptors (Lipinski definition) is 5. The molecular weight excluding hydrogens is 452 g/mol. The Morgan fingerprint density at radius 2 is 2.06 bits per heavy atom. The summed E-state index contributed by atoms with van der Waals surface area (Å²) in [6.07, 6.45) is 8.96. The molecule has 1 aromatic carbocycles. The van der Waals surface area contributed by atoms with Crippen molar-refractivity contribution in [3.8, 4) is 5.75 Å². The van der Waals surface area contributed by atoms with Crippen LogP contribution in [0, 0.1) is 11.8 Å². The highest BCUT2D eigenvalue weighted by molar-refractivity contribution is 7.89. The Hall–Kier alpha value is -1.90. The molecule has 1 aromatic rings. The third-order valence-corrected chi connectivity index (χ3v) is 9.39. The van der Waals surface area contributed by atoms with Gasteiger partial charge in [0, 0.05) is 32.0 Å². The molecule has 34 heavy (non-hydrogen) atoms. The Morgan fingerprint density at radius 1 is 1.29 bits per heavy atom. The van der Waals surface area contributed by atoms with Gasteiger partial charge >= 0.3 is 0 Å². The van der Waals surface area contributed by atoms with Gasteiger partial charge in [0.15, 0.2) is 0 Å². The number of fused-ring (bicyclic) bond motifs is 1. The predicted octanol–water partition coefficient (Wildman–Crippen LogP) is 3.67. The molecule has 3 atom stereocenters. The van der Waals surface area contributed by atoms with Gasteiger partial charge in [0.05, 0.1) is 13.2 Å². The van der Waals surface area contributed by atoms with Crippen molar-refractivity contribution >= 4 is 21.5 Å². The fourth-order valence-corrected chi connectivity index (χ4v) is 6.67. The second kappa shape index (κ2) is 10.4. The maximum atomic E-state index is 13.6. The highest BCUT2D eigenvalue weighted by atomic mass is 32.2. The Balaban J connectivity index is 1.69. The molecule has 0 radical (unpaired) electrons. The molecule has 1 fully saturated rings. The summed E-state index contributed by atoms with van der Waals surface area (Å²) in [4.78, 5) is 14.5. The number of carbonyl (C=O) groups excluding carboxylic acids is 1. The number of aliphatic hydroxyl groups excluding tert-OH is 1. The van der Waals surface area contributed by atoms with Gasteiger partial charge in [0.2, 0.25) is 15.9 Å². The van der Waals surface area contributed by atoms with Crippen LogP contribution < -0.4 is 4.74 Å². The van der Waals surface area contributed by atoms with E-state index in [-0.39, 0.29) is 36.0 Å². The molecule has 0 unspecified atom stereocenters. The highest BCUT2D eigenvalue weighted by Crippen LogP contribution is 2.37. The summed E-state index contributed by atoms with van der Waals surface area (Å²) < 4.78 is 35.1. The number of amides is 1. The van der Waals surface area contributed by atoms with Gasteiger partial charge in [0.1, 0.15) is 16.7 Å². The zero-order valence-electron chi connectivity index (χ0n) is 20.6. The third kappa shape index (κ3) is 5.50. The van der Waals surface area contributed by atoms with Crippen LogP contribution in [0.5, 0.6) is 5.75 Å².